The van der Waals surface area contributed by atoms with E-state index in [1.807, 2.05) is 60.4 Å². The zero-order valence-corrected chi connectivity index (χ0v) is 23.7. The van der Waals surface area contributed by atoms with Crippen LogP contribution in [0.2, 0.25) is 5.02 Å². The highest BCUT2D eigenvalue weighted by atomic mass is 79.9. The van der Waals surface area contributed by atoms with E-state index in [9.17, 15) is 4.79 Å². The monoisotopic (exact) mass is 610 g/mol. The minimum atomic E-state index is -0.347. The lowest BCUT2D eigenvalue weighted by atomic mass is 10.0. The number of nitrogens with one attached hydrogen (secondary N) is 2. The number of hydrogen-bond acceptors (Lipinski definition) is 5. The quantitative estimate of drug-likeness (QED) is 0.222. The van der Waals surface area contributed by atoms with E-state index in [1.54, 1.807) is 18.3 Å². The molecule has 2 atom stereocenters. The number of hydrogen-bond donors (Lipinski definition) is 2. The van der Waals surface area contributed by atoms with Crippen LogP contribution in [-0.4, -0.2) is 29.7 Å². The van der Waals surface area contributed by atoms with Crippen LogP contribution >= 0.6 is 39.7 Å². The summed E-state index contributed by atoms with van der Waals surface area (Å²) in [4.78, 5) is 18.6. The number of rotatable bonds is 7. The predicted molar refractivity (Wildman–Crippen MR) is 156 cm³/mol. The summed E-state index contributed by atoms with van der Waals surface area (Å²) in [5.74, 6) is 1.15. The second-order valence-electron chi connectivity index (χ2n) is 8.83. The number of carbonyl (C=O) groups excluding carboxylic acids is 1. The first kappa shape index (κ1) is 26.4. The maximum atomic E-state index is 12.0. The molecule has 5 rings (SSSR count). The van der Waals surface area contributed by atoms with Crippen LogP contribution in [0.4, 0.5) is 11.4 Å². The van der Waals surface area contributed by atoms with E-state index in [0.29, 0.717) is 21.6 Å². The highest BCUT2D eigenvalue weighted by Crippen LogP contribution is 2.44. The van der Waals surface area contributed by atoms with Crippen molar-refractivity contribution in [2.45, 2.75) is 19.0 Å². The summed E-state index contributed by atoms with van der Waals surface area (Å²) in [5.41, 5.74) is 4.16. The Morgan fingerprint density at radius 3 is 2.76 bits per heavy atom. The second-order valence-corrected chi connectivity index (χ2v) is 10.5. The number of aromatic nitrogens is 1. The number of benzene rings is 2. The van der Waals surface area contributed by atoms with Gasteiger partial charge in [-0.05, 0) is 79.3 Å². The number of anilines is 2. The van der Waals surface area contributed by atoms with Crippen molar-refractivity contribution in [1.82, 2.24) is 10.3 Å². The molecule has 10 heteroatoms. The number of carbonyl (C=O) groups is 1. The molecule has 3 heterocycles. The van der Waals surface area contributed by atoms with Crippen LogP contribution in [-0.2, 0) is 9.53 Å². The van der Waals surface area contributed by atoms with Crippen LogP contribution in [0.15, 0.2) is 81.8 Å². The van der Waals surface area contributed by atoms with Crippen LogP contribution in [0.1, 0.15) is 29.1 Å². The molecule has 2 unspecified atom stereocenters. The van der Waals surface area contributed by atoms with Crippen LogP contribution in [0.5, 0.6) is 0 Å². The predicted octanol–water partition coefficient (Wildman–Crippen LogP) is 6.83. The van der Waals surface area contributed by atoms with Gasteiger partial charge in [0, 0.05) is 29.0 Å². The lowest BCUT2D eigenvalue weighted by Crippen LogP contribution is -2.29. The Kier molecular flexibility index (Phi) is 7.80. The van der Waals surface area contributed by atoms with Gasteiger partial charge in [0.25, 0.3) is 0 Å². The highest BCUT2D eigenvalue weighted by molar-refractivity contribution is 9.10. The molecule has 2 aromatic carbocycles. The zero-order chi connectivity index (χ0) is 26.8. The number of methoxy groups -OCH3 is 1. The van der Waals surface area contributed by atoms with Crippen molar-refractivity contribution in [2.24, 2.45) is 0 Å². The Morgan fingerprint density at radius 1 is 1.21 bits per heavy atom. The van der Waals surface area contributed by atoms with Crippen molar-refractivity contribution in [3.8, 4) is 11.3 Å². The van der Waals surface area contributed by atoms with Gasteiger partial charge in [-0.25, -0.2) is 0 Å². The molecule has 194 valence electrons. The summed E-state index contributed by atoms with van der Waals surface area (Å²) >= 11 is 16.0. The van der Waals surface area contributed by atoms with Gasteiger partial charge in [-0.15, -0.1) is 0 Å². The largest absolute Gasteiger partial charge is 0.459 e. The zero-order valence-electron chi connectivity index (χ0n) is 20.6. The Bertz CT molecular complexity index is 1500. The van der Waals surface area contributed by atoms with E-state index in [0.717, 1.165) is 32.7 Å². The molecule has 1 aliphatic heterocycles. The van der Waals surface area contributed by atoms with Crippen molar-refractivity contribution >= 4 is 62.1 Å². The molecule has 0 bridgehead atoms. The third-order valence-electron chi connectivity index (χ3n) is 6.19. The van der Waals surface area contributed by atoms with Crippen LogP contribution < -0.4 is 15.5 Å². The standard InChI is InChI=1S/C28H24BrClN4O3S/c1-16-6-8-18(19(29)13-16)23-10-11-24(37-23)27-26(22-5-3-4-12-31-22)33-28(38)34(27)17-7-9-21(20(30)14-17)32-25(35)15-36-2/h3-14,26-27H,15H2,1-2H3,(H,32,35)(H,33,38). The van der Waals surface area contributed by atoms with Crippen molar-refractivity contribution in [3.05, 3.63) is 99.4 Å². The first-order chi connectivity index (χ1) is 18.4. The smallest absolute Gasteiger partial charge is 0.250 e. The van der Waals surface area contributed by atoms with E-state index >= 15 is 0 Å². The molecule has 4 aromatic rings. The third kappa shape index (κ3) is 5.33. The molecule has 2 aromatic heterocycles. The fraction of sp³-hybridized carbons (Fsp3) is 0.179. The van der Waals surface area contributed by atoms with Gasteiger partial charge >= 0.3 is 0 Å². The molecule has 1 fully saturated rings. The number of nitrogens with zero attached hydrogens (tertiary/aromatic N) is 2. The maximum Gasteiger partial charge on any atom is 0.250 e. The minimum Gasteiger partial charge on any atom is -0.459 e. The fourth-order valence-electron chi connectivity index (χ4n) is 4.47. The molecule has 0 saturated carbocycles. The molecule has 1 aliphatic rings. The summed E-state index contributed by atoms with van der Waals surface area (Å²) in [6.07, 6.45) is 1.76. The first-order valence-electron chi connectivity index (χ1n) is 11.8. The van der Waals surface area contributed by atoms with Gasteiger partial charge in [-0.3, -0.25) is 9.78 Å². The van der Waals surface area contributed by atoms with Gasteiger partial charge in [0.1, 0.15) is 24.2 Å². The van der Waals surface area contributed by atoms with E-state index in [1.165, 1.54) is 7.11 Å². The number of aryl methyl sites for hydroxylation is 1. The fourth-order valence-corrected chi connectivity index (χ4v) is 5.73. The summed E-state index contributed by atoms with van der Waals surface area (Å²) in [7, 11) is 1.46. The molecular formula is C28H24BrClN4O3S. The van der Waals surface area contributed by atoms with Crippen molar-refractivity contribution < 1.29 is 13.9 Å². The summed E-state index contributed by atoms with van der Waals surface area (Å²) in [5, 5.41) is 7.05. The maximum absolute atomic E-state index is 12.0. The molecule has 1 amide bonds. The van der Waals surface area contributed by atoms with Gasteiger partial charge in [0.15, 0.2) is 5.11 Å². The molecule has 0 aliphatic carbocycles. The number of ether oxygens (including phenoxy) is 1. The van der Waals surface area contributed by atoms with E-state index in [2.05, 4.69) is 37.6 Å². The molecular weight excluding hydrogens is 588 g/mol. The minimum absolute atomic E-state index is 0.0655. The molecule has 38 heavy (non-hydrogen) atoms. The topological polar surface area (TPSA) is 79.6 Å². The van der Waals surface area contributed by atoms with Gasteiger partial charge in [0.05, 0.1) is 22.4 Å². The van der Waals surface area contributed by atoms with Gasteiger partial charge in [-0.1, -0.05) is 39.7 Å². The normalized spacial score (nSPS) is 16.9. The van der Waals surface area contributed by atoms with Crippen LogP contribution in [0.3, 0.4) is 0 Å². The Hall–Kier alpha value is -3.24. The average Bonchev–Trinajstić information content (AvgIpc) is 3.50. The summed E-state index contributed by atoms with van der Waals surface area (Å²) in [6, 6.07) is 20.6. The molecule has 1 saturated heterocycles. The summed E-state index contributed by atoms with van der Waals surface area (Å²) < 4.78 is 12.3. The highest BCUT2D eigenvalue weighted by Gasteiger charge is 2.42. The second kappa shape index (κ2) is 11.2. The Morgan fingerprint density at radius 2 is 2.05 bits per heavy atom. The number of amides is 1. The molecule has 0 radical (unpaired) electrons. The van der Waals surface area contributed by atoms with Crippen molar-refractivity contribution in [2.75, 3.05) is 23.9 Å². The average molecular weight is 612 g/mol. The lowest BCUT2D eigenvalue weighted by molar-refractivity contribution is -0.119. The number of thiocarbonyl (C=S) groups is 1. The van der Waals surface area contributed by atoms with Crippen LogP contribution in [0, 0.1) is 6.92 Å². The first-order valence-corrected chi connectivity index (χ1v) is 13.4. The van der Waals surface area contributed by atoms with Crippen molar-refractivity contribution in [3.63, 3.8) is 0 Å². The van der Waals surface area contributed by atoms with Gasteiger partial charge in [-0.2, -0.15) is 0 Å². The molecule has 7 nitrogen and oxygen atoms in total. The van der Waals surface area contributed by atoms with Crippen LogP contribution in [0.25, 0.3) is 11.3 Å². The molecule has 2 N–H and O–H groups in total. The Labute approximate surface area is 239 Å². The third-order valence-corrected chi connectivity index (χ3v) is 7.47. The van der Waals surface area contributed by atoms with E-state index in [4.69, 9.17) is 33.0 Å². The summed E-state index contributed by atoms with van der Waals surface area (Å²) in [6.45, 7) is 1.98. The number of furan rings is 1. The van der Waals surface area contributed by atoms with Gasteiger partial charge < -0.3 is 24.7 Å². The Balaban J connectivity index is 1.55. The number of halogens is 2. The SMILES string of the molecule is COCC(=O)Nc1ccc(N2C(=S)NC(c3ccccn3)C2c2ccc(-c3ccc(C)cc3Br)o2)cc1Cl. The lowest BCUT2D eigenvalue weighted by Gasteiger charge is -2.26. The van der Waals surface area contributed by atoms with Gasteiger partial charge in [0.2, 0.25) is 5.91 Å². The molecule has 0 spiro atoms. The van der Waals surface area contributed by atoms with Crippen molar-refractivity contribution in [1.29, 1.82) is 0 Å². The van der Waals surface area contributed by atoms with E-state index in [-0.39, 0.29) is 24.6 Å². The number of pyridine rings is 1. The van der Waals surface area contributed by atoms with E-state index < -0.39 is 0 Å².